The van der Waals surface area contributed by atoms with Crippen LogP contribution >= 0.6 is 0 Å². The molecule has 4 N–H and O–H groups in total. The molecule has 9 heteroatoms. The fraction of sp³-hybridized carbons (Fsp3) is 0.311. The average Bonchev–Trinajstić information content (AvgIpc) is 3.91. The third-order valence-electron chi connectivity index (χ3n) is 10.8. The maximum absolute atomic E-state index is 14.6. The predicted molar refractivity (Wildman–Crippen MR) is 210 cm³/mol. The van der Waals surface area contributed by atoms with E-state index in [2.05, 4.69) is 41.2 Å². The van der Waals surface area contributed by atoms with Crippen molar-refractivity contribution in [2.45, 2.75) is 58.0 Å². The second-order valence-corrected chi connectivity index (χ2v) is 14.2. The molecular formula is C45H48N2O7. The number of ether oxygens (including phenoxy) is 2. The minimum absolute atomic E-state index is 0.0284. The smallest absolute Gasteiger partial charge is 0.176 e. The molecule has 6 rings (SSSR count). The molecule has 1 aliphatic heterocycles. The van der Waals surface area contributed by atoms with Crippen LogP contribution in [0, 0.1) is 17.9 Å². The fourth-order valence-electron chi connectivity index (χ4n) is 7.81. The largest absolute Gasteiger partial charge is 0.670 e. The number of aryl methyl sites for hydroxylation is 1. The second kappa shape index (κ2) is 17.1. The summed E-state index contributed by atoms with van der Waals surface area (Å²) in [6.45, 7) is 3.31. The normalized spacial score (nSPS) is 14.6. The van der Waals surface area contributed by atoms with Gasteiger partial charge in [-0.15, -0.1) is 4.99 Å². The van der Waals surface area contributed by atoms with Crippen LogP contribution in [0.4, 0.5) is 0 Å². The van der Waals surface area contributed by atoms with E-state index in [1.54, 1.807) is 50.5 Å². The van der Waals surface area contributed by atoms with Gasteiger partial charge in [0.2, 0.25) is 0 Å². The number of phenolic OH excluding ortho intramolecular Hbond substituents is 2. The van der Waals surface area contributed by atoms with E-state index in [4.69, 9.17) is 9.47 Å². The van der Waals surface area contributed by atoms with Gasteiger partial charge in [0.15, 0.2) is 29.2 Å². The summed E-state index contributed by atoms with van der Waals surface area (Å²) in [6, 6.07) is 22.8. The highest BCUT2D eigenvalue weighted by Crippen LogP contribution is 2.40. The number of ketones is 1. The molecule has 0 spiro atoms. The van der Waals surface area contributed by atoms with Crippen LogP contribution < -0.4 is 14.5 Å². The Hall–Kier alpha value is -5.51. The third-order valence-corrected chi connectivity index (χ3v) is 10.8. The van der Waals surface area contributed by atoms with Crippen LogP contribution in [-0.4, -0.2) is 59.4 Å². The zero-order valence-electron chi connectivity index (χ0n) is 31.0. The number of methoxy groups -OCH3 is 2. The molecule has 54 heavy (non-hydrogen) atoms. The van der Waals surface area contributed by atoms with Crippen molar-refractivity contribution in [3.05, 3.63) is 137 Å². The summed E-state index contributed by atoms with van der Waals surface area (Å²) >= 11 is 0. The molecule has 1 aliphatic rings. The second-order valence-electron chi connectivity index (χ2n) is 14.2. The van der Waals surface area contributed by atoms with E-state index in [0.29, 0.717) is 30.6 Å². The molecule has 9 nitrogen and oxygen atoms in total. The van der Waals surface area contributed by atoms with E-state index in [0.717, 1.165) is 45.0 Å². The molecule has 0 fully saturated rings. The molecule has 0 unspecified atom stereocenters. The van der Waals surface area contributed by atoms with Crippen molar-refractivity contribution < 1.29 is 34.7 Å². The standard InChI is InChI=1S/C45H48N2O7/c1-4-32-10-11-33-7-5-6-8-36(33)37(32)22-38-34(12-14-40(50)44(38)54-3)21-35(19-30-15-17-46-26-30)41(51)23-43(52)45(28-48,25-31-16-18-47-27-31)24-29-9-13-39(49)42(20-29)53-2/h5-18,20,26-27,35,41,48-51H,4,19,21-25,28H2,1-3H3/t35-,41+,45+/m0/s1. The lowest BCUT2D eigenvalue weighted by Gasteiger charge is -2.32. The molecule has 5 aromatic rings. The Balaban J connectivity index is 1.36. The number of aliphatic hydroxyl groups excluding tert-OH is 2. The monoisotopic (exact) mass is 728 g/mol. The summed E-state index contributed by atoms with van der Waals surface area (Å²) in [4.78, 5) is 23.0. The van der Waals surface area contributed by atoms with Crippen LogP contribution in [-0.2, 0) is 36.9 Å². The quantitative estimate of drug-likeness (QED) is 0.0716. The Kier molecular flexibility index (Phi) is 12.1. The first-order chi connectivity index (χ1) is 26.2. The number of rotatable bonds is 18. The number of aliphatic imine (C=N–C) groups is 1. The van der Waals surface area contributed by atoms with Crippen LogP contribution in [0.25, 0.3) is 10.8 Å². The van der Waals surface area contributed by atoms with Crippen molar-refractivity contribution >= 4 is 22.8 Å². The van der Waals surface area contributed by atoms with Crippen molar-refractivity contribution in [3.63, 3.8) is 0 Å². The number of hydrogen-bond donors (Lipinski definition) is 4. The number of benzene rings is 4. The molecule has 0 amide bonds. The number of Topliss-reactive ketones (excluding diaryl/α,β-unsaturated/α-hetero) is 1. The molecular weight excluding hydrogens is 681 g/mol. The van der Waals surface area contributed by atoms with Gasteiger partial charge in [-0.3, -0.25) is 4.79 Å². The van der Waals surface area contributed by atoms with Crippen LogP contribution in [0.5, 0.6) is 23.0 Å². The van der Waals surface area contributed by atoms with Gasteiger partial charge in [0.1, 0.15) is 17.9 Å². The van der Waals surface area contributed by atoms with E-state index < -0.39 is 24.0 Å². The fourth-order valence-corrected chi connectivity index (χ4v) is 7.81. The van der Waals surface area contributed by atoms with Crippen LogP contribution in [0.3, 0.4) is 0 Å². The summed E-state index contributed by atoms with van der Waals surface area (Å²) in [6.07, 6.45) is 8.17. The van der Waals surface area contributed by atoms with Crippen molar-refractivity contribution in [2.24, 2.45) is 16.3 Å². The summed E-state index contributed by atoms with van der Waals surface area (Å²) < 4.78 is 11.2. The molecule has 2 heterocycles. The highest BCUT2D eigenvalue weighted by atomic mass is 16.5. The topological polar surface area (TPSA) is 143 Å². The number of carbonyl (C=O) groups is 1. The van der Waals surface area contributed by atoms with Crippen molar-refractivity contribution in [2.75, 3.05) is 20.8 Å². The Bertz CT molecular complexity index is 2140. The molecule has 0 saturated carbocycles. The number of phenols is 2. The molecule has 0 aliphatic carbocycles. The summed E-state index contributed by atoms with van der Waals surface area (Å²) in [7, 11) is 3.00. The molecule has 0 radical (unpaired) electrons. The van der Waals surface area contributed by atoms with E-state index in [1.807, 2.05) is 30.3 Å². The van der Waals surface area contributed by atoms with Crippen molar-refractivity contribution in [1.82, 2.24) is 4.98 Å². The number of hydrogen-bond acceptors (Lipinski definition) is 8. The third kappa shape index (κ3) is 8.33. The number of fused-ring (bicyclic) bond motifs is 1. The van der Waals surface area contributed by atoms with Crippen LogP contribution in [0.2, 0.25) is 0 Å². The van der Waals surface area contributed by atoms with E-state index in [-0.39, 0.29) is 42.3 Å². The molecule has 280 valence electrons. The highest BCUT2D eigenvalue weighted by molar-refractivity contribution is 5.90. The molecule has 0 bridgehead atoms. The number of aromatic hydroxyl groups is 2. The Morgan fingerprint density at radius 3 is 2.41 bits per heavy atom. The lowest BCUT2D eigenvalue weighted by molar-refractivity contribution is -0.134. The average molecular weight is 729 g/mol. The van der Waals surface area contributed by atoms with Gasteiger partial charge >= 0.3 is 0 Å². The van der Waals surface area contributed by atoms with Gasteiger partial charge < -0.3 is 34.9 Å². The predicted octanol–water partition coefficient (Wildman–Crippen LogP) is 6.88. The minimum atomic E-state index is -1.29. The van der Waals surface area contributed by atoms with Crippen molar-refractivity contribution in [3.8, 4) is 23.0 Å². The highest BCUT2D eigenvalue weighted by Gasteiger charge is 2.42. The molecule has 1 aromatic heterocycles. The van der Waals surface area contributed by atoms with Gasteiger partial charge in [-0.05, 0) is 82.8 Å². The maximum Gasteiger partial charge on any atom is 0.176 e. The zero-order chi connectivity index (χ0) is 38.2. The number of aromatic nitrogens is 1. The summed E-state index contributed by atoms with van der Waals surface area (Å²) in [5, 5.41) is 46.6. The Morgan fingerprint density at radius 2 is 1.70 bits per heavy atom. The first kappa shape index (κ1) is 38.2. The Labute approximate surface area is 316 Å². The summed E-state index contributed by atoms with van der Waals surface area (Å²) in [5.74, 6) is -0.0752. The summed E-state index contributed by atoms with van der Waals surface area (Å²) in [5.41, 5.74) is 5.18. The lowest BCUT2D eigenvalue weighted by Crippen LogP contribution is -2.41. The van der Waals surface area contributed by atoms with Gasteiger partial charge in [-0.1, -0.05) is 67.1 Å². The SMILES string of the molecule is CCc1ccc2ccccc2c1Cc1c(C[C@H](Cc2cc[n-]c2)[C@H](O)CC(=O)[C@@](CO)(CC2=C[CH+]N=C2)Cc2ccc(O)c(OC)c2)ccc(O)c1OC. The number of aliphatic hydroxyl groups is 2. The minimum Gasteiger partial charge on any atom is -0.670 e. The number of carbonyl (C=O) groups excluding carboxylic acids is 1. The van der Waals surface area contributed by atoms with Gasteiger partial charge in [-0.2, -0.15) is 12.4 Å². The van der Waals surface area contributed by atoms with Gasteiger partial charge in [-0.25, -0.2) is 0 Å². The van der Waals surface area contributed by atoms with Gasteiger partial charge in [0, 0.05) is 24.8 Å². The first-order valence-electron chi connectivity index (χ1n) is 18.3. The van der Waals surface area contributed by atoms with E-state index in [9.17, 15) is 25.2 Å². The maximum atomic E-state index is 14.6. The number of nitrogens with zero attached hydrogens (tertiary/aromatic N) is 2. The molecule has 0 saturated heterocycles. The molecule has 4 aromatic carbocycles. The van der Waals surface area contributed by atoms with Gasteiger partial charge in [0.25, 0.3) is 0 Å². The molecule has 3 atom stereocenters. The lowest BCUT2D eigenvalue weighted by atomic mass is 9.71. The van der Waals surface area contributed by atoms with Crippen LogP contribution in [0.15, 0.2) is 102 Å². The Morgan fingerprint density at radius 1 is 0.907 bits per heavy atom. The van der Waals surface area contributed by atoms with Crippen molar-refractivity contribution in [1.29, 1.82) is 0 Å². The first-order valence-corrected chi connectivity index (χ1v) is 18.3. The van der Waals surface area contributed by atoms with E-state index >= 15 is 0 Å². The number of allylic oxidation sites excluding steroid dienone is 1. The van der Waals surface area contributed by atoms with Gasteiger partial charge in [0.05, 0.1) is 38.4 Å². The van der Waals surface area contributed by atoms with Crippen LogP contribution in [0.1, 0.15) is 53.1 Å². The van der Waals surface area contributed by atoms with E-state index in [1.165, 1.54) is 18.7 Å². The zero-order valence-corrected chi connectivity index (χ0v) is 31.0.